The summed E-state index contributed by atoms with van der Waals surface area (Å²) in [4.78, 5) is 11.0. The van der Waals surface area contributed by atoms with Crippen LogP contribution < -0.4 is 15.5 Å². The van der Waals surface area contributed by atoms with Gasteiger partial charge >= 0.3 is 0 Å². The molecule has 0 saturated heterocycles. The molecular formula is C19H20ClN5. The lowest BCUT2D eigenvalue weighted by atomic mass is 10.2. The summed E-state index contributed by atoms with van der Waals surface area (Å²) >= 11 is 5.91. The molecule has 0 unspecified atom stereocenters. The molecule has 0 radical (unpaired) electrons. The first kappa shape index (κ1) is 17.0. The highest BCUT2D eigenvalue weighted by molar-refractivity contribution is 6.30. The molecule has 25 heavy (non-hydrogen) atoms. The molecule has 3 rings (SSSR count). The molecule has 0 atom stereocenters. The van der Waals surface area contributed by atoms with E-state index in [9.17, 15) is 0 Å². The van der Waals surface area contributed by atoms with Gasteiger partial charge < -0.3 is 15.5 Å². The van der Waals surface area contributed by atoms with Crippen LogP contribution in [0.3, 0.4) is 0 Å². The van der Waals surface area contributed by atoms with Crippen LogP contribution >= 0.6 is 11.6 Å². The molecule has 0 spiro atoms. The zero-order chi connectivity index (χ0) is 17.8. The van der Waals surface area contributed by atoms with Crippen LogP contribution in [-0.2, 0) is 0 Å². The Labute approximate surface area is 152 Å². The minimum absolute atomic E-state index is 0.537. The lowest BCUT2D eigenvalue weighted by Crippen LogP contribution is -2.08. The van der Waals surface area contributed by atoms with Gasteiger partial charge in [-0.3, -0.25) is 0 Å². The van der Waals surface area contributed by atoms with E-state index in [1.165, 1.54) is 0 Å². The fraction of sp³-hybridized carbons (Fsp3) is 0.158. The van der Waals surface area contributed by atoms with Crippen LogP contribution in [0.1, 0.15) is 5.69 Å². The maximum absolute atomic E-state index is 5.91. The SMILES string of the molecule is Cc1cc(Nc2ccc(N(C)C)cc2)nc(Nc2ccc(Cl)cc2)n1. The number of halogens is 1. The van der Waals surface area contributed by atoms with Gasteiger partial charge in [0.1, 0.15) is 5.82 Å². The van der Waals surface area contributed by atoms with E-state index >= 15 is 0 Å². The van der Waals surface area contributed by atoms with Gasteiger partial charge in [0.2, 0.25) is 5.95 Å². The van der Waals surface area contributed by atoms with Crippen molar-refractivity contribution in [2.75, 3.05) is 29.6 Å². The third kappa shape index (κ3) is 4.61. The van der Waals surface area contributed by atoms with E-state index in [-0.39, 0.29) is 0 Å². The smallest absolute Gasteiger partial charge is 0.229 e. The van der Waals surface area contributed by atoms with Crippen molar-refractivity contribution in [2.24, 2.45) is 0 Å². The van der Waals surface area contributed by atoms with E-state index in [1.807, 2.05) is 63.5 Å². The quantitative estimate of drug-likeness (QED) is 0.676. The van der Waals surface area contributed by atoms with Crippen LogP contribution in [0.2, 0.25) is 5.02 Å². The van der Waals surface area contributed by atoms with Gasteiger partial charge in [-0.05, 0) is 55.5 Å². The van der Waals surface area contributed by atoms with Crippen molar-refractivity contribution in [2.45, 2.75) is 6.92 Å². The lowest BCUT2D eigenvalue weighted by molar-refractivity contribution is 1.11. The van der Waals surface area contributed by atoms with Crippen LogP contribution in [0.15, 0.2) is 54.6 Å². The minimum atomic E-state index is 0.537. The molecule has 0 aliphatic heterocycles. The van der Waals surface area contributed by atoms with Crippen molar-refractivity contribution in [3.8, 4) is 0 Å². The van der Waals surface area contributed by atoms with Gasteiger partial charge in [0.05, 0.1) is 0 Å². The van der Waals surface area contributed by atoms with Gasteiger partial charge in [0, 0.05) is 47.9 Å². The molecule has 0 fully saturated rings. The number of benzene rings is 2. The molecule has 0 aliphatic carbocycles. The van der Waals surface area contributed by atoms with Crippen LogP contribution in [0, 0.1) is 6.92 Å². The Morgan fingerprint density at radius 3 is 2.08 bits per heavy atom. The van der Waals surface area contributed by atoms with E-state index in [1.54, 1.807) is 0 Å². The fourth-order valence-electron chi connectivity index (χ4n) is 2.34. The first-order chi connectivity index (χ1) is 12.0. The van der Waals surface area contributed by atoms with E-state index < -0.39 is 0 Å². The average molecular weight is 354 g/mol. The summed E-state index contributed by atoms with van der Waals surface area (Å²) in [6.07, 6.45) is 0. The molecule has 2 N–H and O–H groups in total. The maximum Gasteiger partial charge on any atom is 0.229 e. The first-order valence-electron chi connectivity index (χ1n) is 7.92. The molecule has 1 aromatic heterocycles. The van der Waals surface area contributed by atoms with E-state index in [0.29, 0.717) is 11.0 Å². The topological polar surface area (TPSA) is 53.1 Å². The second-order valence-electron chi connectivity index (χ2n) is 5.92. The van der Waals surface area contributed by atoms with Crippen LogP contribution in [0.25, 0.3) is 0 Å². The van der Waals surface area contributed by atoms with E-state index in [0.717, 1.165) is 28.6 Å². The Morgan fingerprint density at radius 1 is 0.840 bits per heavy atom. The highest BCUT2D eigenvalue weighted by atomic mass is 35.5. The summed E-state index contributed by atoms with van der Waals surface area (Å²) in [6.45, 7) is 1.94. The molecule has 128 valence electrons. The predicted octanol–water partition coefficient (Wildman–Crippen LogP) is 4.99. The van der Waals surface area contributed by atoms with Gasteiger partial charge in [-0.2, -0.15) is 4.98 Å². The largest absolute Gasteiger partial charge is 0.378 e. The van der Waals surface area contributed by atoms with Crippen LogP contribution in [0.5, 0.6) is 0 Å². The number of hydrogen-bond donors (Lipinski definition) is 2. The van der Waals surface area contributed by atoms with Crippen LogP contribution in [-0.4, -0.2) is 24.1 Å². The summed E-state index contributed by atoms with van der Waals surface area (Å²) in [5.41, 5.74) is 3.88. The summed E-state index contributed by atoms with van der Waals surface area (Å²) in [7, 11) is 4.04. The molecule has 2 aromatic carbocycles. The molecule has 3 aromatic rings. The van der Waals surface area contributed by atoms with Gasteiger partial charge in [-0.15, -0.1) is 0 Å². The Morgan fingerprint density at radius 2 is 1.44 bits per heavy atom. The molecular weight excluding hydrogens is 334 g/mol. The predicted molar refractivity (Wildman–Crippen MR) is 106 cm³/mol. The third-order valence-electron chi connectivity index (χ3n) is 3.61. The summed E-state index contributed by atoms with van der Waals surface area (Å²) in [5.74, 6) is 1.27. The monoisotopic (exact) mass is 353 g/mol. The van der Waals surface area contributed by atoms with Crippen molar-refractivity contribution in [1.29, 1.82) is 0 Å². The second-order valence-corrected chi connectivity index (χ2v) is 6.35. The van der Waals surface area contributed by atoms with Gasteiger partial charge in [-0.1, -0.05) is 11.6 Å². The number of nitrogens with one attached hydrogen (secondary N) is 2. The number of anilines is 5. The molecule has 0 amide bonds. The van der Waals surface area contributed by atoms with Gasteiger partial charge in [-0.25, -0.2) is 4.98 Å². The normalized spacial score (nSPS) is 10.4. The zero-order valence-corrected chi connectivity index (χ0v) is 15.2. The standard InChI is InChI=1S/C19H20ClN5/c1-13-12-18(22-15-8-10-17(11-9-15)25(2)3)24-19(21-13)23-16-6-4-14(20)5-7-16/h4-12H,1-3H3,(H2,21,22,23,24). The molecule has 0 saturated carbocycles. The van der Waals surface area contributed by atoms with Crippen molar-refractivity contribution < 1.29 is 0 Å². The maximum atomic E-state index is 5.91. The number of hydrogen-bond acceptors (Lipinski definition) is 5. The third-order valence-corrected chi connectivity index (χ3v) is 3.86. The minimum Gasteiger partial charge on any atom is -0.378 e. The van der Waals surface area contributed by atoms with Crippen LogP contribution in [0.4, 0.5) is 28.8 Å². The summed E-state index contributed by atoms with van der Waals surface area (Å²) < 4.78 is 0. The highest BCUT2D eigenvalue weighted by Gasteiger charge is 2.04. The molecule has 1 heterocycles. The molecule has 5 nitrogen and oxygen atoms in total. The van der Waals surface area contributed by atoms with Gasteiger partial charge in [0.25, 0.3) is 0 Å². The number of aromatic nitrogens is 2. The summed E-state index contributed by atoms with van der Waals surface area (Å²) in [5, 5.41) is 7.20. The Balaban J connectivity index is 1.77. The first-order valence-corrected chi connectivity index (χ1v) is 8.30. The average Bonchev–Trinajstić information content (AvgIpc) is 2.57. The Kier molecular flexibility index (Phi) is 5.05. The lowest BCUT2D eigenvalue weighted by Gasteiger charge is -2.14. The van der Waals surface area contributed by atoms with Crippen molar-refractivity contribution in [3.63, 3.8) is 0 Å². The number of nitrogens with zero attached hydrogens (tertiary/aromatic N) is 3. The van der Waals surface area contributed by atoms with Crippen molar-refractivity contribution in [3.05, 3.63) is 65.3 Å². The van der Waals surface area contributed by atoms with E-state index in [2.05, 4.69) is 37.6 Å². The number of aryl methyl sites for hydroxylation is 1. The Hall–Kier alpha value is -2.79. The molecule has 0 bridgehead atoms. The van der Waals surface area contributed by atoms with Crippen molar-refractivity contribution >= 4 is 40.4 Å². The molecule has 6 heteroatoms. The summed E-state index contributed by atoms with van der Waals surface area (Å²) in [6, 6.07) is 17.5. The van der Waals surface area contributed by atoms with E-state index in [4.69, 9.17) is 11.6 Å². The zero-order valence-electron chi connectivity index (χ0n) is 14.4. The number of rotatable bonds is 5. The second kappa shape index (κ2) is 7.40. The van der Waals surface area contributed by atoms with Gasteiger partial charge in [0.15, 0.2) is 0 Å². The highest BCUT2D eigenvalue weighted by Crippen LogP contribution is 2.22. The fourth-order valence-corrected chi connectivity index (χ4v) is 2.47. The Bertz CT molecular complexity index is 845. The molecule has 0 aliphatic rings. The van der Waals surface area contributed by atoms with Crippen molar-refractivity contribution in [1.82, 2.24) is 9.97 Å².